The summed E-state index contributed by atoms with van der Waals surface area (Å²) in [4.78, 5) is 13.7. The average Bonchev–Trinajstić information content (AvgIpc) is 2.88. The molecule has 0 bridgehead atoms. The van der Waals surface area contributed by atoms with E-state index in [4.69, 9.17) is 9.31 Å². The molecule has 1 saturated heterocycles. The van der Waals surface area contributed by atoms with E-state index in [0.717, 1.165) is 17.6 Å². The number of alkyl halides is 3. The van der Waals surface area contributed by atoms with Crippen molar-refractivity contribution in [2.45, 2.75) is 45.1 Å². The summed E-state index contributed by atoms with van der Waals surface area (Å²) in [5, 5.41) is 2.72. The third kappa shape index (κ3) is 4.47. The van der Waals surface area contributed by atoms with E-state index in [1.165, 1.54) is 24.1 Å². The molecule has 0 unspecified atom stereocenters. The number of carbonyl (C=O) groups excluding carboxylic acids is 1. The first-order chi connectivity index (χ1) is 13.8. The number of hydrogen-bond donors (Lipinski definition) is 1. The zero-order valence-corrected chi connectivity index (χ0v) is 17.5. The SMILES string of the molecule is CN(C(=O)Nc1ccc(B2OC(C)(C)C(C)(C)O2)cc1)c1ccc(C(F)(F)F)cc1. The maximum Gasteiger partial charge on any atom is 0.494 e. The van der Waals surface area contributed by atoms with E-state index in [1.54, 1.807) is 24.3 Å². The third-order valence-corrected chi connectivity index (χ3v) is 5.57. The number of urea groups is 1. The molecule has 0 atom stereocenters. The van der Waals surface area contributed by atoms with Gasteiger partial charge in [0, 0.05) is 18.4 Å². The fraction of sp³-hybridized carbons (Fsp3) is 0.381. The second-order valence-electron chi connectivity index (χ2n) is 8.24. The van der Waals surface area contributed by atoms with E-state index in [0.29, 0.717) is 11.4 Å². The Bertz CT molecular complexity index is 897. The summed E-state index contributed by atoms with van der Waals surface area (Å²) in [5.41, 5.74) is 0.0404. The van der Waals surface area contributed by atoms with E-state index >= 15 is 0 Å². The van der Waals surface area contributed by atoms with Crippen LogP contribution in [-0.4, -0.2) is 31.4 Å². The van der Waals surface area contributed by atoms with Crippen molar-refractivity contribution in [1.29, 1.82) is 0 Å². The van der Waals surface area contributed by atoms with Crippen LogP contribution < -0.4 is 15.7 Å². The van der Waals surface area contributed by atoms with Crippen molar-refractivity contribution < 1.29 is 27.3 Å². The predicted molar refractivity (Wildman–Crippen MR) is 111 cm³/mol. The third-order valence-electron chi connectivity index (χ3n) is 5.57. The van der Waals surface area contributed by atoms with Gasteiger partial charge in [0.2, 0.25) is 0 Å². The lowest BCUT2D eigenvalue weighted by Crippen LogP contribution is -2.41. The fourth-order valence-electron chi connectivity index (χ4n) is 2.90. The lowest BCUT2D eigenvalue weighted by Gasteiger charge is -2.32. The molecule has 2 aromatic rings. The van der Waals surface area contributed by atoms with E-state index < -0.39 is 36.1 Å². The fourth-order valence-corrected chi connectivity index (χ4v) is 2.90. The first-order valence-electron chi connectivity index (χ1n) is 9.48. The number of nitrogens with one attached hydrogen (secondary N) is 1. The highest BCUT2D eigenvalue weighted by Crippen LogP contribution is 2.36. The highest BCUT2D eigenvalue weighted by atomic mass is 19.4. The van der Waals surface area contributed by atoms with Crippen molar-refractivity contribution in [2.75, 3.05) is 17.3 Å². The van der Waals surface area contributed by atoms with Gasteiger partial charge in [-0.25, -0.2) is 4.79 Å². The monoisotopic (exact) mass is 420 g/mol. The van der Waals surface area contributed by atoms with E-state index in [1.807, 2.05) is 27.7 Å². The first-order valence-corrected chi connectivity index (χ1v) is 9.48. The summed E-state index contributed by atoms with van der Waals surface area (Å²) in [6.07, 6.45) is -4.42. The molecule has 2 aromatic carbocycles. The van der Waals surface area contributed by atoms with Gasteiger partial charge in [0.05, 0.1) is 16.8 Å². The summed E-state index contributed by atoms with van der Waals surface area (Å²) in [7, 11) is 0.978. The van der Waals surface area contributed by atoms with Crippen LogP contribution in [0.5, 0.6) is 0 Å². The molecule has 0 radical (unpaired) electrons. The smallest absolute Gasteiger partial charge is 0.399 e. The molecular formula is C21H24BF3N2O3. The molecule has 5 nitrogen and oxygen atoms in total. The van der Waals surface area contributed by atoms with Gasteiger partial charge in [-0.2, -0.15) is 13.2 Å². The van der Waals surface area contributed by atoms with Crippen molar-refractivity contribution in [1.82, 2.24) is 0 Å². The average molecular weight is 420 g/mol. The molecular weight excluding hydrogens is 396 g/mol. The van der Waals surface area contributed by atoms with Crippen molar-refractivity contribution >= 4 is 30.0 Å². The lowest BCUT2D eigenvalue weighted by molar-refractivity contribution is -0.137. The Kier molecular flexibility index (Phi) is 5.64. The Balaban J connectivity index is 1.65. The van der Waals surface area contributed by atoms with Crippen LogP contribution >= 0.6 is 0 Å². The largest absolute Gasteiger partial charge is 0.494 e. The maximum atomic E-state index is 12.7. The molecule has 160 valence electrons. The van der Waals surface area contributed by atoms with Gasteiger partial charge >= 0.3 is 19.3 Å². The number of hydrogen-bond acceptors (Lipinski definition) is 3. The van der Waals surface area contributed by atoms with Crippen LogP contribution in [0.3, 0.4) is 0 Å². The van der Waals surface area contributed by atoms with E-state index in [2.05, 4.69) is 5.32 Å². The molecule has 0 spiro atoms. The number of carbonyl (C=O) groups is 1. The molecule has 2 amide bonds. The molecule has 1 fully saturated rings. The van der Waals surface area contributed by atoms with Gasteiger partial charge in [-0.3, -0.25) is 4.90 Å². The highest BCUT2D eigenvalue weighted by Gasteiger charge is 2.51. The number of amides is 2. The molecule has 0 saturated carbocycles. The minimum atomic E-state index is -4.42. The maximum absolute atomic E-state index is 12.7. The van der Waals surface area contributed by atoms with Gasteiger partial charge in [0.1, 0.15) is 0 Å². The summed E-state index contributed by atoms with van der Waals surface area (Å²) < 4.78 is 50.1. The van der Waals surface area contributed by atoms with Gasteiger partial charge < -0.3 is 14.6 Å². The van der Waals surface area contributed by atoms with Crippen molar-refractivity contribution in [3.8, 4) is 0 Å². The van der Waals surface area contributed by atoms with E-state index in [9.17, 15) is 18.0 Å². The van der Waals surface area contributed by atoms with Crippen LogP contribution in [0.1, 0.15) is 33.3 Å². The summed E-state index contributed by atoms with van der Waals surface area (Å²) in [5.74, 6) is 0. The van der Waals surface area contributed by atoms with Crippen LogP contribution in [-0.2, 0) is 15.5 Å². The van der Waals surface area contributed by atoms with Crippen LogP contribution in [0.2, 0.25) is 0 Å². The van der Waals surface area contributed by atoms with E-state index in [-0.39, 0.29) is 0 Å². The molecule has 30 heavy (non-hydrogen) atoms. The first kappa shape index (κ1) is 22.2. The zero-order valence-electron chi connectivity index (χ0n) is 17.5. The van der Waals surface area contributed by atoms with Gasteiger partial charge in [-0.15, -0.1) is 0 Å². The highest BCUT2D eigenvalue weighted by molar-refractivity contribution is 6.62. The topological polar surface area (TPSA) is 50.8 Å². The summed E-state index contributed by atoms with van der Waals surface area (Å²) >= 11 is 0. The van der Waals surface area contributed by atoms with Crippen molar-refractivity contribution in [3.63, 3.8) is 0 Å². The normalized spacial score (nSPS) is 17.7. The standard InChI is InChI=1S/C21H24BF3N2O3/c1-19(2)20(3,4)30-22(29-19)15-8-10-16(11-9-15)26-18(28)27(5)17-12-6-14(7-13-17)21(23,24)25/h6-13H,1-5H3,(H,26,28). The number of rotatable bonds is 3. The molecule has 3 rings (SSSR count). The number of nitrogens with zero attached hydrogens (tertiary/aromatic N) is 1. The summed E-state index contributed by atoms with van der Waals surface area (Å²) in [6, 6.07) is 11.0. The number of halogens is 3. The number of anilines is 2. The molecule has 1 heterocycles. The molecule has 1 aliphatic rings. The zero-order chi connectivity index (χ0) is 22.3. The minimum Gasteiger partial charge on any atom is -0.399 e. The van der Waals surface area contributed by atoms with Crippen LogP contribution in [0.4, 0.5) is 29.3 Å². The van der Waals surface area contributed by atoms with Crippen molar-refractivity contribution in [3.05, 3.63) is 54.1 Å². The van der Waals surface area contributed by atoms with Crippen LogP contribution in [0, 0.1) is 0 Å². The van der Waals surface area contributed by atoms with Gasteiger partial charge in [-0.05, 0) is 69.6 Å². The predicted octanol–water partition coefficient (Wildman–Crippen LogP) is 4.67. The lowest BCUT2D eigenvalue weighted by atomic mass is 9.79. The molecule has 0 aliphatic carbocycles. The molecule has 1 N–H and O–H groups in total. The number of benzene rings is 2. The van der Waals surface area contributed by atoms with Crippen LogP contribution in [0.25, 0.3) is 0 Å². The van der Waals surface area contributed by atoms with Crippen LogP contribution in [0.15, 0.2) is 48.5 Å². The summed E-state index contributed by atoms with van der Waals surface area (Å²) in [6.45, 7) is 7.88. The second-order valence-corrected chi connectivity index (χ2v) is 8.24. The van der Waals surface area contributed by atoms with Gasteiger partial charge in [-0.1, -0.05) is 12.1 Å². The van der Waals surface area contributed by atoms with Gasteiger partial charge in [0.25, 0.3) is 0 Å². The minimum absolute atomic E-state index is 0.342. The van der Waals surface area contributed by atoms with Crippen molar-refractivity contribution in [2.24, 2.45) is 0 Å². The Morgan fingerprint density at radius 3 is 1.90 bits per heavy atom. The Morgan fingerprint density at radius 1 is 0.933 bits per heavy atom. The molecule has 0 aromatic heterocycles. The molecule has 1 aliphatic heterocycles. The van der Waals surface area contributed by atoms with Gasteiger partial charge in [0.15, 0.2) is 0 Å². The Morgan fingerprint density at radius 2 is 1.43 bits per heavy atom. The Hall–Kier alpha value is -2.52. The molecule has 9 heteroatoms. The second kappa shape index (κ2) is 7.63. The quantitative estimate of drug-likeness (QED) is 0.735. The Labute approximate surface area is 174 Å².